The standard InChI is InChI=1S/C19H15N5O2S/c1-9(3-4-13-10(2)27-19(20)23-13)16-7-11(18(25)26)17-12-8-21-24-14(12)5-6-15(17)22-16/h3-8H,1H2,2H3,(H2,20,23)(H,21,24)(H,25,26)/b4-3-. The van der Waals surface area contributed by atoms with Gasteiger partial charge in [-0.2, -0.15) is 5.10 Å². The minimum atomic E-state index is -1.03. The fourth-order valence-electron chi connectivity index (χ4n) is 2.94. The summed E-state index contributed by atoms with van der Waals surface area (Å²) in [7, 11) is 0. The summed E-state index contributed by atoms with van der Waals surface area (Å²) in [4.78, 5) is 21.7. The van der Waals surface area contributed by atoms with Crippen molar-refractivity contribution in [3.05, 3.63) is 58.9 Å². The van der Waals surface area contributed by atoms with E-state index in [-0.39, 0.29) is 5.56 Å². The molecule has 0 spiro atoms. The number of aromatic carboxylic acids is 1. The first-order valence-electron chi connectivity index (χ1n) is 8.04. The monoisotopic (exact) mass is 377 g/mol. The number of aromatic amines is 1. The number of benzene rings is 1. The maximum atomic E-state index is 11.9. The number of nitrogens with zero attached hydrogens (tertiary/aromatic N) is 3. The molecule has 3 aromatic heterocycles. The fourth-order valence-corrected chi connectivity index (χ4v) is 3.61. The average molecular weight is 377 g/mol. The fraction of sp³-hybridized carbons (Fsp3) is 0.0526. The van der Waals surface area contributed by atoms with Crippen LogP contribution in [0.5, 0.6) is 0 Å². The van der Waals surface area contributed by atoms with Crippen molar-refractivity contribution < 1.29 is 9.90 Å². The summed E-state index contributed by atoms with van der Waals surface area (Å²) >= 11 is 1.41. The Hall–Kier alpha value is -3.52. The highest BCUT2D eigenvalue weighted by atomic mass is 32.1. The van der Waals surface area contributed by atoms with Gasteiger partial charge >= 0.3 is 5.97 Å². The number of carboxylic acid groups (broad SMARTS) is 1. The van der Waals surface area contributed by atoms with Gasteiger partial charge in [-0.3, -0.25) is 5.10 Å². The van der Waals surface area contributed by atoms with Crippen LogP contribution in [-0.2, 0) is 0 Å². The van der Waals surface area contributed by atoms with Crippen LogP contribution in [0.2, 0.25) is 0 Å². The molecule has 0 unspecified atom stereocenters. The number of fused-ring (bicyclic) bond motifs is 3. The smallest absolute Gasteiger partial charge is 0.336 e. The molecule has 7 nitrogen and oxygen atoms in total. The van der Waals surface area contributed by atoms with Crippen molar-refractivity contribution in [2.75, 3.05) is 5.73 Å². The Bertz CT molecular complexity index is 1250. The number of aromatic nitrogens is 4. The molecule has 4 aromatic rings. The highest BCUT2D eigenvalue weighted by Crippen LogP contribution is 2.29. The number of anilines is 1. The van der Waals surface area contributed by atoms with Gasteiger partial charge in [-0.25, -0.2) is 14.8 Å². The maximum absolute atomic E-state index is 11.9. The molecule has 0 bridgehead atoms. The molecule has 134 valence electrons. The largest absolute Gasteiger partial charge is 0.478 e. The molecule has 0 aliphatic rings. The Morgan fingerprint density at radius 2 is 2.19 bits per heavy atom. The van der Waals surface area contributed by atoms with Gasteiger partial charge in [0.05, 0.1) is 34.2 Å². The quantitative estimate of drug-likeness (QED) is 0.465. The summed E-state index contributed by atoms with van der Waals surface area (Å²) < 4.78 is 0. The minimum absolute atomic E-state index is 0.158. The van der Waals surface area contributed by atoms with Gasteiger partial charge < -0.3 is 10.8 Å². The summed E-state index contributed by atoms with van der Waals surface area (Å²) in [6, 6.07) is 5.13. The van der Waals surface area contributed by atoms with Crippen molar-refractivity contribution in [3.8, 4) is 0 Å². The molecule has 0 atom stereocenters. The molecule has 0 radical (unpaired) electrons. The van der Waals surface area contributed by atoms with E-state index in [0.717, 1.165) is 21.5 Å². The van der Waals surface area contributed by atoms with Gasteiger partial charge in [-0.1, -0.05) is 12.7 Å². The molecule has 0 aliphatic carbocycles. The highest BCUT2D eigenvalue weighted by molar-refractivity contribution is 7.15. The Labute approximate surface area is 157 Å². The molecule has 0 amide bonds. The number of carbonyl (C=O) groups is 1. The van der Waals surface area contributed by atoms with Crippen LogP contribution in [0.3, 0.4) is 0 Å². The van der Waals surface area contributed by atoms with Crippen molar-refractivity contribution in [2.24, 2.45) is 0 Å². The van der Waals surface area contributed by atoms with Crippen molar-refractivity contribution in [1.29, 1.82) is 0 Å². The Kier molecular flexibility index (Phi) is 3.97. The lowest BCUT2D eigenvalue weighted by molar-refractivity contribution is 0.0699. The number of carboxylic acids is 1. The first-order chi connectivity index (χ1) is 12.9. The van der Waals surface area contributed by atoms with Gasteiger partial charge in [0, 0.05) is 15.6 Å². The predicted molar refractivity (Wildman–Crippen MR) is 108 cm³/mol. The van der Waals surface area contributed by atoms with Crippen molar-refractivity contribution in [1.82, 2.24) is 20.2 Å². The van der Waals surface area contributed by atoms with E-state index in [0.29, 0.717) is 27.3 Å². The molecule has 0 fully saturated rings. The molecule has 0 saturated carbocycles. The summed E-state index contributed by atoms with van der Waals surface area (Å²) in [6.07, 6.45) is 5.17. The van der Waals surface area contributed by atoms with Crippen LogP contribution in [0.1, 0.15) is 26.6 Å². The summed E-state index contributed by atoms with van der Waals surface area (Å²) in [6.45, 7) is 5.95. The van der Waals surface area contributed by atoms with Crippen LogP contribution >= 0.6 is 11.3 Å². The van der Waals surface area contributed by atoms with Crippen LogP contribution in [0.25, 0.3) is 33.5 Å². The molecule has 4 rings (SSSR count). The van der Waals surface area contributed by atoms with Gasteiger partial charge in [-0.15, -0.1) is 11.3 Å². The van der Waals surface area contributed by atoms with Crippen LogP contribution in [0.4, 0.5) is 5.13 Å². The second-order valence-corrected chi connectivity index (χ2v) is 7.24. The third-order valence-electron chi connectivity index (χ3n) is 4.24. The normalized spacial score (nSPS) is 11.6. The van der Waals surface area contributed by atoms with Crippen LogP contribution in [0.15, 0.2) is 37.1 Å². The number of nitrogens with two attached hydrogens (primary N) is 1. The average Bonchev–Trinajstić information content (AvgIpc) is 3.24. The maximum Gasteiger partial charge on any atom is 0.336 e. The zero-order valence-corrected chi connectivity index (χ0v) is 15.2. The number of allylic oxidation sites excluding steroid dienone is 2. The van der Waals surface area contributed by atoms with E-state index in [9.17, 15) is 9.90 Å². The number of hydrogen-bond donors (Lipinski definition) is 3. The Morgan fingerprint density at radius 3 is 2.89 bits per heavy atom. The number of rotatable bonds is 4. The Balaban J connectivity index is 1.82. The Morgan fingerprint density at radius 1 is 1.37 bits per heavy atom. The van der Waals surface area contributed by atoms with Crippen LogP contribution in [0, 0.1) is 6.92 Å². The number of hydrogen-bond acceptors (Lipinski definition) is 6. The molecule has 0 saturated heterocycles. The van der Waals surface area contributed by atoms with E-state index in [1.165, 1.54) is 17.4 Å². The number of H-pyrrole nitrogens is 1. The van der Waals surface area contributed by atoms with Crippen LogP contribution in [-0.4, -0.2) is 31.2 Å². The molecular formula is C19H15N5O2S. The van der Waals surface area contributed by atoms with Gasteiger partial charge in [0.25, 0.3) is 0 Å². The van der Waals surface area contributed by atoms with E-state index in [2.05, 4.69) is 26.7 Å². The zero-order chi connectivity index (χ0) is 19.1. The summed E-state index contributed by atoms with van der Waals surface area (Å²) in [5.41, 5.74) is 9.03. The molecule has 0 aliphatic heterocycles. The first kappa shape index (κ1) is 16.9. The molecule has 4 N–H and O–H groups in total. The molecule has 3 heterocycles. The highest BCUT2D eigenvalue weighted by Gasteiger charge is 2.16. The van der Waals surface area contributed by atoms with E-state index < -0.39 is 5.97 Å². The van der Waals surface area contributed by atoms with Gasteiger partial charge in [0.1, 0.15) is 0 Å². The van der Waals surface area contributed by atoms with Crippen molar-refractivity contribution in [2.45, 2.75) is 6.92 Å². The van der Waals surface area contributed by atoms with Gasteiger partial charge in [0.2, 0.25) is 0 Å². The predicted octanol–water partition coefficient (Wildman–Crippen LogP) is 3.88. The summed E-state index contributed by atoms with van der Waals surface area (Å²) in [5.74, 6) is -1.03. The lowest BCUT2D eigenvalue weighted by Gasteiger charge is -2.08. The summed E-state index contributed by atoms with van der Waals surface area (Å²) in [5, 5.41) is 18.3. The molecule has 1 aromatic carbocycles. The van der Waals surface area contributed by atoms with Crippen molar-refractivity contribution >= 4 is 55.9 Å². The number of thiazole rings is 1. The van der Waals surface area contributed by atoms with Crippen LogP contribution < -0.4 is 5.73 Å². The van der Waals surface area contributed by atoms with E-state index >= 15 is 0 Å². The zero-order valence-electron chi connectivity index (χ0n) is 14.4. The number of nitrogens with one attached hydrogen (secondary N) is 1. The topological polar surface area (TPSA) is 118 Å². The number of pyridine rings is 1. The minimum Gasteiger partial charge on any atom is -0.478 e. The SMILES string of the molecule is C=C(/C=C\c1nc(N)sc1C)c1cc(C(=O)O)c2c(ccc3[nH]ncc32)n1. The van der Waals surface area contributed by atoms with E-state index in [4.69, 9.17) is 5.73 Å². The number of nitrogen functional groups attached to an aromatic ring is 1. The van der Waals surface area contributed by atoms with E-state index in [1.54, 1.807) is 24.4 Å². The number of aryl methyl sites for hydroxylation is 1. The second-order valence-electron chi connectivity index (χ2n) is 6.00. The lowest BCUT2D eigenvalue weighted by Crippen LogP contribution is -2.01. The van der Waals surface area contributed by atoms with Gasteiger partial charge in [0.15, 0.2) is 5.13 Å². The van der Waals surface area contributed by atoms with Gasteiger partial charge in [-0.05, 0) is 36.8 Å². The molecule has 27 heavy (non-hydrogen) atoms. The lowest BCUT2D eigenvalue weighted by atomic mass is 10.0. The molecule has 8 heteroatoms. The third-order valence-corrected chi connectivity index (χ3v) is 5.06. The molecular weight excluding hydrogens is 362 g/mol. The second kappa shape index (κ2) is 6.33. The van der Waals surface area contributed by atoms with Crippen molar-refractivity contribution in [3.63, 3.8) is 0 Å². The first-order valence-corrected chi connectivity index (χ1v) is 8.86. The van der Waals surface area contributed by atoms with E-state index in [1.807, 2.05) is 13.0 Å². The third kappa shape index (κ3) is 2.96.